The van der Waals surface area contributed by atoms with Crippen LogP contribution in [0.25, 0.3) is 0 Å². The van der Waals surface area contributed by atoms with Crippen molar-refractivity contribution in [2.75, 3.05) is 0 Å². The molecule has 0 saturated heterocycles. The highest BCUT2D eigenvalue weighted by atomic mass is 14.6. The van der Waals surface area contributed by atoms with Crippen molar-refractivity contribution in [2.24, 2.45) is 46.3 Å². The van der Waals surface area contributed by atoms with Crippen LogP contribution in [-0.2, 0) is 0 Å². The number of allylic oxidation sites excluding steroid dienone is 2. The van der Waals surface area contributed by atoms with E-state index in [1.807, 2.05) is 33.3 Å². The van der Waals surface area contributed by atoms with Gasteiger partial charge in [0.25, 0.3) is 0 Å². The van der Waals surface area contributed by atoms with Crippen molar-refractivity contribution in [2.45, 2.75) is 139 Å². The van der Waals surface area contributed by atoms with Gasteiger partial charge in [-0.1, -0.05) is 99.6 Å². The summed E-state index contributed by atoms with van der Waals surface area (Å²) in [4.78, 5) is 0. The van der Waals surface area contributed by atoms with Gasteiger partial charge in [-0.05, 0) is 97.7 Å². The highest BCUT2D eigenvalue weighted by molar-refractivity contribution is 5.24. The van der Waals surface area contributed by atoms with Crippen LogP contribution in [0.3, 0.4) is 0 Å². The van der Waals surface area contributed by atoms with E-state index >= 15 is 0 Å². The van der Waals surface area contributed by atoms with E-state index in [1.54, 1.807) is 0 Å². The van der Waals surface area contributed by atoms with Crippen molar-refractivity contribution in [3.05, 3.63) is 11.6 Å². The molecule has 3 fully saturated rings. The Bertz CT molecular complexity index is 563. The lowest BCUT2D eigenvalue weighted by molar-refractivity contribution is -0.0500. The molecule has 3 saturated carbocycles. The maximum absolute atomic E-state index is 2.74. The first-order chi connectivity index (χ1) is 14.9. The average molecular weight is 433 g/mol. The summed E-state index contributed by atoms with van der Waals surface area (Å²) >= 11 is 0. The lowest BCUT2D eigenvalue weighted by Crippen LogP contribution is -2.50. The molecular weight excluding hydrogens is 372 g/mol. The zero-order valence-electron chi connectivity index (χ0n) is 23.0. The quantitative estimate of drug-likeness (QED) is 0.379. The molecule has 7 unspecified atom stereocenters. The summed E-state index contributed by atoms with van der Waals surface area (Å²) in [5.74, 6) is 5.84. The molecule has 4 aliphatic carbocycles. The van der Waals surface area contributed by atoms with Gasteiger partial charge in [0.2, 0.25) is 0 Å². The Balaban J connectivity index is 0.000000971. The van der Waals surface area contributed by atoms with Crippen molar-refractivity contribution in [3.8, 4) is 0 Å². The third kappa shape index (κ3) is 5.30. The second kappa shape index (κ2) is 11.7. The molecule has 0 N–H and O–H groups in total. The summed E-state index contributed by atoms with van der Waals surface area (Å²) in [6, 6.07) is 0. The van der Waals surface area contributed by atoms with Crippen molar-refractivity contribution < 1.29 is 1.43 Å². The molecule has 0 aromatic carbocycles. The van der Waals surface area contributed by atoms with E-state index < -0.39 is 0 Å². The van der Waals surface area contributed by atoms with Crippen molar-refractivity contribution in [3.63, 3.8) is 0 Å². The van der Waals surface area contributed by atoms with Gasteiger partial charge in [0.1, 0.15) is 0 Å². The topological polar surface area (TPSA) is 0 Å². The second-order valence-corrected chi connectivity index (χ2v) is 12.0. The van der Waals surface area contributed by atoms with Gasteiger partial charge in [-0.15, -0.1) is 0 Å². The summed E-state index contributed by atoms with van der Waals surface area (Å²) in [7, 11) is 0. The highest BCUT2D eigenvalue weighted by Crippen LogP contribution is 2.67. The number of fused-ring (bicyclic) bond motifs is 5. The van der Waals surface area contributed by atoms with Gasteiger partial charge in [0, 0.05) is 1.43 Å². The molecule has 31 heavy (non-hydrogen) atoms. The Morgan fingerprint density at radius 2 is 1.61 bits per heavy atom. The molecule has 0 heterocycles. The standard InChI is InChI=1S/C27H46.2C2H6.H2/c1-19(2)9-8-10-20(3)23-14-15-24-22-13-12-21-11-6-7-17-26(21,4)25(22)16-18-27(23,24)5;2*1-2;/h12,19-20,22-25H,6-11,13-18H2,1-5H3;2*1-2H3;1H. The van der Waals surface area contributed by atoms with E-state index in [-0.39, 0.29) is 1.43 Å². The molecule has 0 heteroatoms. The lowest BCUT2D eigenvalue weighted by Gasteiger charge is -2.58. The van der Waals surface area contributed by atoms with Gasteiger partial charge in [0.15, 0.2) is 0 Å². The molecule has 0 bridgehead atoms. The predicted octanol–water partition coefficient (Wildman–Crippen LogP) is 10.7. The van der Waals surface area contributed by atoms with E-state index in [2.05, 4.69) is 40.7 Å². The SMILES string of the molecule is CC.CC.CC(C)CCCC(C)C1CCC2C3CC=C4CCCCC4(C)C3CCC12C.[HH]. The normalized spacial score (nSPS) is 39.6. The van der Waals surface area contributed by atoms with Crippen LogP contribution in [0.15, 0.2) is 11.6 Å². The third-order valence-electron chi connectivity index (χ3n) is 10.2. The molecule has 0 spiro atoms. The van der Waals surface area contributed by atoms with Gasteiger partial charge in [-0.25, -0.2) is 0 Å². The molecule has 184 valence electrons. The Kier molecular flexibility index (Phi) is 10.2. The molecule has 0 aliphatic heterocycles. The maximum Gasteiger partial charge on any atom is 0 e. The van der Waals surface area contributed by atoms with Crippen LogP contribution >= 0.6 is 0 Å². The van der Waals surface area contributed by atoms with E-state index in [9.17, 15) is 0 Å². The molecule has 7 atom stereocenters. The fraction of sp³-hybridized carbons (Fsp3) is 0.935. The largest absolute Gasteiger partial charge is 0.0845 e. The van der Waals surface area contributed by atoms with Gasteiger partial charge < -0.3 is 0 Å². The van der Waals surface area contributed by atoms with Gasteiger partial charge >= 0.3 is 0 Å². The third-order valence-corrected chi connectivity index (χ3v) is 10.2. The van der Waals surface area contributed by atoms with Crippen molar-refractivity contribution in [1.82, 2.24) is 0 Å². The minimum absolute atomic E-state index is 0. The maximum atomic E-state index is 2.74. The number of hydrogen-bond donors (Lipinski definition) is 0. The van der Waals surface area contributed by atoms with Crippen molar-refractivity contribution >= 4 is 0 Å². The molecule has 0 amide bonds. The van der Waals surface area contributed by atoms with Crippen LogP contribution in [0.2, 0.25) is 0 Å². The summed E-state index contributed by atoms with van der Waals surface area (Å²) < 4.78 is 0. The number of rotatable bonds is 5. The van der Waals surface area contributed by atoms with E-state index in [0.717, 1.165) is 35.5 Å². The Morgan fingerprint density at radius 1 is 0.903 bits per heavy atom. The predicted molar refractivity (Wildman–Crippen MR) is 142 cm³/mol. The monoisotopic (exact) mass is 432 g/mol. The van der Waals surface area contributed by atoms with E-state index in [0.29, 0.717) is 10.8 Å². The van der Waals surface area contributed by atoms with Crippen LogP contribution in [0.4, 0.5) is 0 Å². The van der Waals surface area contributed by atoms with Gasteiger partial charge in [-0.3, -0.25) is 0 Å². The lowest BCUT2D eigenvalue weighted by atomic mass is 9.47. The second-order valence-electron chi connectivity index (χ2n) is 12.0. The fourth-order valence-electron chi connectivity index (χ4n) is 8.72. The zero-order valence-corrected chi connectivity index (χ0v) is 23.0. The van der Waals surface area contributed by atoms with Crippen LogP contribution in [0, 0.1) is 46.3 Å². The molecular formula is C31H60. The first-order valence-corrected chi connectivity index (χ1v) is 14.6. The van der Waals surface area contributed by atoms with Gasteiger partial charge in [-0.2, -0.15) is 0 Å². The summed E-state index contributed by atoms with van der Waals surface area (Å²) in [5, 5.41) is 0. The smallest absolute Gasteiger partial charge is 0 e. The van der Waals surface area contributed by atoms with Crippen molar-refractivity contribution in [1.29, 1.82) is 0 Å². The van der Waals surface area contributed by atoms with Gasteiger partial charge in [0.05, 0.1) is 0 Å². The van der Waals surface area contributed by atoms with Crippen LogP contribution in [-0.4, -0.2) is 0 Å². The Hall–Kier alpha value is -0.260. The van der Waals surface area contributed by atoms with E-state index in [1.165, 1.54) is 77.0 Å². The fourth-order valence-corrected chi connectivity index (χ4v) is 8.72. The number of hydrogen-bond acceptors (Lipinski definition) is 0. The summed E-state index contributed by atoms with van der Waals surface area (Å²) in [6.45, 7) is 20.8. The molecule has 4 aliphatic rings. The van der Waals surface area contributed by atoms with Crippen LogP contribution in [0.1, 0.15) is 141 Å². The minimum Gasteiger partial charge on any atom is -0.0845 e. The van der Waals surface area contributed by atoms with Crippen LogP contribution in [0.5, 0.6) is 0 Å². The first-order valence-electron chi connectivity index (χ1n) is 14.6. The highest BCUT2D eigenvalue weighted by Gasteiger charge is 2.58. The molecule has 0 radical (unpaired) electrons. The van der Waals surface area contributed by atoms with E-state index in [4.69, 9.17) is 0 Å². The average Bonchev–Trinajstić information content (AvgIpc) is 3.13. The molecule has 0 aromatic rings. The molecule has 0 nitrogen and oxygen atoms in total. The molecule has 0 aromatic heterocycles. The molecule has 4 rings (SSSR count). The Labute approximate surface area is 198 Å². The summed E-state index contributed by atoms with van der Waals surface area (Å²) in [6.07, 6.45) is 20.5. The Morgan fingerprint density at radius 3 is 2.29 bits per heavy atom. The van der Waals surface area contributed by atoms with Crippen LogP contribution < -0.4 is 0 Å². The first kappa shape index (κ1) is 27.0. The summed E-state index contributed by atoms with van der Waals surface area (Å²) in [5.41, 5.74) is 3.09. The minimum atomic E-state index is 0. The zero-order chi connectivity index (χ0) is 23.2.